The van der Waals surface area contributed by atoms with E-state index in [-0.39, 0.29) is 17.3 Å². The van der Waals surface area contributed by atoms with Crippen molar-refractivity contribution >= 4 is 17.2 Å². The van der Waals surface area contributed by atoms with Crippen LogP contribution in [0.4, 0.5) is 0 Å². The fourth-order valence-electron chi connectivity index (χ4n) is 1.75. The van der Waals surface area contributed by atoms with Crippen molar-refractivity contribution in [2.45, 2.75) is 13.5 Å². The van der Waals surface area contributed by atoms with Crippen molar-refractivity contribution in [3.8, 4) is 0 Å². The Bertz CT molecular complexity index is 432. The predicted molar refractivity (Wildman–Crippen MR) is 62.8 cm³/mol. The van der Waals surface area contributed by atoms with Crippen molar-refractivity contribution in [3.05, 3.63) is 20.7 Å². The molecule has 1 aliphatic heterocycles. The van der Waals surface area contributed by atoms with Gasteiger partial charge >= 0.3 is 4.87 Å². The van der Waals surface area contributed by atoms with Crippen molar-refractivity contribution in [3.63, 3.8) is 0 Å². The third-order valence-electron chi connectivity index (χ3n) is 2.74. The molecule has 0 aliphatic carbocycles. The number of aryl methyl sites for hydroxylation is 1. The summed E-state index contributed by atoms with van der Waals surface area (Å²) in [5.74, 6) is 0.0325. The average Bonchev–Trinajstić information content (AvgIpc) is 2.62. The number of carbonyl (C=O) groups excluding carboxylic acids is 1. The zero-order valence-electron chi connectivity index (χ0n) is 9.23. The summed E-state index contributed by atoms with van der Waals surface area (Å²) >= 11 is 1.14. The van der Waals surface area contributed by atoms with Gasteiger partial charge in [-0.05, 0) is 6.92 Å². The van der Waals surface area contributed by atoms with Gasteiger partial charge in [0.05, 0.1) is 0 Å². The third kappa shape index (κ3) is 2.33. The van der Waals surface area contributed by atoms with E-state index in [0.717, 1.165) is 43.2 Å². The van der Waals surface area contributed by atoms with Gasteiger partial charge in [-0.3, -0.25) is 14.2 Å². The molecule has 1 aromatic heterocycles. The van der Waals surface area contributed by atoms with Crippen molar-refractivity contribution in [1.82, 2.24) is 14.8 Å². The molecule has 1 saturated heterocycles. The molecule has 0 bridgehead atoms. The highest BCUT2D eigenvalue weighted by Crippen LogP contribution is 2.02. The Balaban J connectivity index is 2.04. The fourth-order valence-corrected chi connectivity index (χ4v) is 2.48. The molecule has 1 fully saturated rings. The van der Waals surface area contributed by atoms with Crippen molar-refractivity contribution < 1.29 is 4.79 Å². The van der Waals surface area contributed by atoms with Gasteiger partial charge in [0.1, 0.15) is 6.54 Å². The van der Waals surface area contributed by atoms with Crippen LogP contribution in [0, 0.1) is 6.92 Å². The molecule has 0 saturated carbocycles. The molecule has 0 atom stereocenters. The van der Waals surface area contributed by atoms with E-state index in [0.29, 0.717) is 0 Å². The van der Waals surface area contributed by atoms with Crippen LogP contribution in [0.5, 0.6) is 0 Å². The maximum absolute atomic E-state index is 11.9. The van der Waals surface area contributed by atoms with Gasteiger partial charge in [-0.25, -0.2) is 0 Å². The van der Waals surface area contributed by atoms with Crippen LogP contribution in [0.3, 0.4) is 0 Å². The van der Waals surface area contributed by atoms with Crippen LogP contribution in [-0.4, -0.2) is 41.6 Å². The molecule has 0 spiro atoms. The Morgan fingerprint density at radius 3 is 2.75 bits per heavy atom. The van der Waals surface area contributed by atoms with Crippen molar-refractivity contribution in [2.75, 3.05) is 26.2 Å². The predicted octanol–water partition coefficient (Wildman–Crippen LogP) is -0.350. The number of nitrogens with zero attached hydrogens (tertiary/aromatic N) is 2. The standard InChI is InChI=1S/C10H15N3O2S/c1-8-7-16-10(15)13(8)6-9(14)12-4-2-11-3-5-12/h7,11H,2-6H2,1H3. The van der Waals surface area contributed by atoms with Crippen LogP contribution in [0.15, 0.2) is 10.2 Å². The lowest BCUT2D eigenvalue weighted by molar-refractivity contribution is -0.132. The molecule has 16 heavy (non-hydrogen) atoms. The number of rotatable bonds is 2. The summed E-state index contributed by atoms with van der Waals surface area (Å²) in [7, 11) is 0. The van der Waals surface area contributed by atoms with E-state index in [1.54, 1.807) is 10.3 Å². The molecule has 5 nitrogen and oxygen atoms in total. The van der Waals surface area contributed by atoms with E-state index < -0.39 is 0 Å². The number of thiazole rings is 1. The summed E-state index contributed by atoms with van der Waals surface area (Å²) in [6, 6.07) is 0. The molecule has 0 aromatic carbocycles. The minimum Gasteiger partial charge on any atom is -0.339 e. The second kappa shape index (κ2) is 4.80. The molecule has 88 valence electrons. The molecule has 0 radical (unpaired) electrons. The summed E-state index contributed by atoms with van der Waals surface area (Å²) in [5.41, 5.74) is 0.860. The van der Waals surface area contributed by atoms with Crippen LogP contribution < -0.4 is 10.2 Å². The molecule has 1 N–H and O–H groups in total. The number of nitrogens with one attached hydrogen (secondary N) is 1. The summed E-state index contributed by atoms with van der Waals surface area (Å²) in [4.78, 5) is 25.1. The van der Waals surface area contributed by atoms with E-state index in [9.17, 15) is 9.59 Å². The zero-order chi connectivity index (χ0) is 11.5. The number of hydrogen-bond donors (Lipinski definition) is 1. The fraction of sp³-hybridized carbons (Fsp3) is 0.600. The van der Waals surface area contributed by atoms with Gasteiger partial charge in [0.2, 0.25) is 5.91 Å². The number of aromatic nitrogens is 1. The molecular weight excluding hydrogens is 226 g/mol. The van der Waals surface area contributed by atoms with Gasteiger partial charge < -0.3 is 10.2 Å². The van der Waals surface area contributed by atoms with Gasteiger partial charge in [-0.1, -0.05) is 11.3 Å². The van der Waals surface area contributed by atoms with Crippen LogP contribution in [0.2, 0.25) is 0 Å². The van der Waals surface area contributed by atoms with Gasteiger partial charge in [-0.2, -0.15) is 0 Å². The second-order valence-corrected chi connectivity index (χ2v) is 4.68. The Hall–Kier alpha value is -1.14. The molecule has 1 aliphatic rings. The highest BCUT2D eigenvalue weighted by atomic mass is 32.1. The van der Waals surface area contributed by atoms with Gasteiger partial charge in [0.15, 0.2) is 0 Å². The smallest absolute Gasteiger partial charge is 0.307 e. The highest BCUT2D eigenvalue weighted by Gasteiger charge is 2.17. The first kappa shape index (κ1) is 11.3. The third-order valence-corrected chi connectivity index (χ3v) is 3.62. The maximum atomic E-state index is 11.9. The lowest BCUT2D eigenvalue weighted by atomic mass is 10.3. The summed E-state index contributed by atoms with van der Waals surface area (Å²) in [6.45, 7) is 5.16. The molecule has 1 aromatic rings. The monoisotopic (exact) mass is 241 g/mol. The molecule has 2 rings (SSSR count). The summed E-state index contributed by atoms with van der Waals surface area (Å²) < 4.78 is 1.54. The van der Waals surface area contributed by atoms with Crippen molar-refractivity contribution in [1.29, 1.82) is 0 Å². The number of hydrogen-bond acceptors (Lipinski definition) is 4. The second-order valence-electron chi connectivity index (χ2n) is 3.86. The molecule has 6 heteroatoms. The lowest BCUT2D eigenvalue weighted by Gasteiger charge is -2.27. The zero-order valence-corrected chi connectivity index (χ0v) is 10.0. The quantitative estimate of drug-likeness (QED) is 0.770. The Kier molecular flexibility index (Phi) is 3.40. The molecule has 1 amide bonds. The van der Waals surface area contributed by atoms with E-state index in [4.69, 9.17) is 0 Å². The van der Waals surface area contributed by atoms with E-state index in [2.05, 4.69) is 5.32 Å². The number of piperazine rings is 1. The van der Waals surface area contributed by atoms with E-state index >= 15 is 0 Å². The molecular formula is C10H15N3O2S. The first-order valence-electron chi connectivity index (χ1n) is 5.32. The normalized spacial score (nSPS) is 16.4. The summed E-state index contributed by atoms with van der Waals surface area (Å²) in [6.07, 6.45) is 0. The van der Waals surface area contributed by atoms with E-state index in [1.165, 1.54) is 4.57 Å². The van der Waals surface area contributed by atoms with Crippen LogP contribution in [0.1, 0.15) is 5.69 Å². The molecule has 0 unspecified atom stereocenters. The Labute approximate surface area is 97.7 Å². The lowest BCUT2D eigenvalue weighted by Crippen LogP contribution is -2.47. The number of carbonyl (C=O) groups is 1. The first-order valence-corrected chi connectivity index (χ1v) is 6.20. The van der Waals surface area contributed by atoms with Gasteiger partial charge in [0, 0.05) is 37.3 Å². The van der Waals surface area contributed by atoms with Gasteiger partial charge in [0.25, 0.3) is 0 Å². The first-order chi connectivity index (χ1) is 7.68. The van der Waals surface area contributed by atoms with E-state index in [1.807, 2.05) is 6.92 Å². The highest BCUT2D eigenvalue weighted by molar-refractivity contribution is 7.07. The van der Waals surface area contributed by atoms with Gasteiger partial charge in [-0.15, -0.1) is 0 Å². The van der Waals surface area contributed by atoms with Crippen LogP contribution in [0.25, 0.3) is 0 Å². The average molecular weight is 241 g/mol. The molecule has 2 heterocycles. The van der Waals surface area contributed by atoms with Crippen molar-refractivity contribution in [2.24, 2.45) is 0 Å². The van der Waals surface area contributed by atoms with Crippen LogP contribution in [-0.2, 0) is 11.3 Å². The summed E-state index contributed by atoms with van der Waals surface area (Å²) in [5, 5.41) is 4.98. The van der Waals surface area contributed by atoms with Crippen LogP contribution >= 0.6 is 11.3 Å². The minimum absolute atomic E-state index is 0.0325. The maximum Gasteiger partial charge on any atom is 0.307 e. The SMILES string of the molecule is Cc1csc(=O)n1CC(=O)N1CCNCC1. The topological polar surface area (TPSA) is 54.3 Å². The Morgan fingerprint density at radius 1 is 1.50 bits per heavy atom. The number of amides is 1. The minimum atomic E-state index is -0.0546. The largest absolute Gasteiger partial charge is 0.339 e. The Morgan fingerprint density at radius 2 is 2.19 bits per heavy atom.